The molecule has 1 aliphatic rings. The maximum atomic E-state index is 14.1. The van der Waals surface area contributed by atoms with E-state index in [0.29, 0.717) is 17.7 Å². The average molecular weight is 572 g/mol. The zero-order valence-electron chi connectivity index (χ0n) is 20.2. The summed E-state index contributed by atoms with van der Waals surface area (Å²) in [6.45, 7) is 0. The summed E-state index contributed by atoms with van der Waals surface area (Å²) in [4.78, 5) is 26.2. The summed E-state index contributed by atoms with van der Waals surface area (Å²) in [7, 11) is 1.52. The molecule has 13 heteroatoms. The van der Waals surface area contributed by atoms with E-state index in [1.165, 1.54) is 36.1 Å². The third-order valence-electron chi connectivity index (χ3n) is 6.35. The van der Waals surface area contributed by atoms with Crippen LogP contribution in [0.3, 0.4) is 0 Å². The number of benzene rings is 3. The number of carbonyl (C=O) groups excluding carboxylic acids is 2. The van der Waals surface area contributed by atoms with Crippen LogP contribution in [0.4, 0.5) is 27.6 Å². The zero-order chi connectivity index (χ0) is 28.9. The standard InChI is InChI=1S/C27H15ClF5N5O2/c1-38-22(10-34)19(11-35-38)12-6-18-23(24(37-26(18)40)17-9-15(29)2-3-20(17)28)21(7-12)36-25(39)13-4-14(27(31,32)33)8-16(30)5-13/h2-9,11,24H,1H3,(H,36,39)(H,37,40)/t24-/m1/s1. The Morgan fingerprint density at radius 3 is 2.55 bits per heavy atom. The number of aromatic nitrogens is 2. The van der Waals surface area contributed by atoms with Crippen molar-refractivity contribution >= 4 is 29.1 Å². The van der Waals surface area contributed by atoms with Gasteiger partial charge in [-0.15, -0.1) is 0 Å². The predicted octanol–water partition coefficient (Wildman–Crippen LogP) is 5.99. The third-order valence-corrected chi connectivity index (χ3v) is 6.69. The number of carbonyl (C=O) groups is 2. The molecular formula is C27H15ClF5N5O2. The number of fused-ring (bicyclic) bond motifs is 1. The minimum atomic E-state index is -4.91. The lowest BCUT2D eigenvalue weighted by atomic mass is 9.92. The number of amides is 2. The highest BCUT2D eigenvalue weighted by atomic mass is 35.5. The van der Waals surface area contributed by atoms with Crippen molar-refractivity contribution in [3.8, 4) is 17.2 Å². The van der Waals surface area contributed by atoms with E-state index in [1.54, 1.807) is 0 Å². The lowest BCUT2D eigenvalue weighted by molar-refractivity contribution is -0.137. The van der Waals surface area contributed by atoms with Gasteiger partial charge in [-0.3, -0.25) is 14.3 Å². The Morgan fingerprint density at radius 2 is 1.85 bits per heavy atom. The Morgan fingerprint density at radius 1 is 1.10 bits per heavy atom. The fourth-order valence-corrected chi connectivity index (χ4v) is 4.75. The van der Waals surface area contributed by atoms with E-state index in [4.69, 9.17) is 11.6 Å². The molecule has 0 spiro atoms. The molecule has 0 bridgehead atoms. The van der Waals surface area contributed by atoms with E-state index in [1.807, 2.05) is 6.07 Å². The summed E-state index contributed by atoms with van der Waals surface area (Å²) in [5.41, 5.74) is -1.04. The van der Waals surface area contributed by atoms with Crippen molar-refractivity contribution < 1.29 is 31.5 Å². The quantitative estimate of drug-likeness (QED) is 0.294. The number of rotatable bonds is 4. The van der Waals surface area contributed by atoms with Crippen LogP contribution >= 0.6 is 11.6 Å². The number of hydrogen-bond donors (Lipinski definition) is 2. The van der Waals surface area contributed by atoms with Gasteiger partial charge in [0.1, 0.15) is 23.4 Å². The summed E-state index contributed by atoms with van der Waals surface area (Å²) in [5.74, 6) is -3.67. The number of halogens is 6. The number of anilines is 1. The van der Waals surface area contributed by atoms with Crippen molar-refractivity contribution in [2.24, 2.45) is 7.05 Å². The molecular weight excluding hydrogens is 557 g/mol. The monoisotopic (exact) mass is 571 g/mol. The molecule has 1 aromatic heterocycles. The van der Waals surface area contributed by atoms with Crippen LogP contribution in [-0.4, -0.2) is 21.6 Å². The second-order valence-electron chi connectivity index (χ2n) is 8.88. The molecule has 2 heterocycles. The topological polar surface area (TPSA) is 99.8 Å². The predicted molar refractivity (Wildman–Crippen MR) is 133 cm³/mol. The van der Waals surface area contributed by atoms with Crippen LogP contribution < -0.4 is 10.6 Å². The molecule has 2 amide bonds. The third kappa shape index (κ3) is 4.76. The van der Waals surface area contributed by atoms with Crippen LogP contribution in [0.25, 0.3) is 11.1 Å². The molecule has 2 N–H and O–H groups in total. The first-order valence-corrected chi connectivity index (χ1v) is 11.8. The summed E-state index contributed by atoms with van der Waals surface area (Å²) >= 11 is 6.29. The molecule has 0 radical (unpaired) electrons. The Labute approximate surface area is 227 Å². The smallest absolute Gasteiger partial charge is 0.341 e. The number of nitriles is 1. The van der Waals surface area contributed by atoms with Gasteiger partial charge in [0.15, 0.2) is 0 Å². The fraction of sp³-hybridized carbons (Fsp3) is 0.111. The molecule has 5 rings (SSSR count). The van der Waals surface area contributed by atoms with E-state index in [9.17, 15) is 36.8 Å². The minimum absolute atomic E-state index is 0.0288. The highest BCUT2D eigenvalue weighted by Gasteiger charge is 2.36. The first-order chi connectivity index (χ1) is 18.9. The molecule has 202 valence electrons. The SMILES string of the molecule is Cn1ncc(-c2cc(NC(=O)c3cc(F)cc(C(F)(F)F)c3)c3c(c2)C(=O)N[C@@H]3c2cc(F)ccc2Cl)c1C#N. The number of hydrogen-bond acceptors (Lipinski definition) is 4. The van der Waals surface area contributed by atoms with E-state index >= 15 is 0 Å². The summed E-state index contributed by atoms with van der Waals surface area (Å²) in [5, 5.41) is 18.9. The number of alkyl halides is 3. The largest absolute Gasteiger partial charge is 0.416 e. The molecule has 0 aliphatic carbocycles. The molecule has 1 atom stereocenters. The number of nitrogens with one attached hydrogen (secondary N) is 2. The van der Waals surface area contributed by atoms with Gasteiger partial charge >= 0.3 is 6.18 Å². The van der Waals surface area contributed by atoms with Crippen molar-refractivity contribution in [1.82, 2.24) is 15.1 Å². The minimum Gasteiger partial charge on any atom is -0.341 e. The normalized spacial score (nSPS) is 14.4. The van der Waals surface area contributed by atoms with Crippen LogP contribution in [0.5, 0.6) is 0 Å². The van der Waals surface area contributed by atoms with Crippen LogP contribution in [-0.2, 0) is 13.2 Å². The van der Waals surface area contributed by atoms with Gasteiger partial charge in [-0.05, 0) is 54.1 Å². The highest BCUT2D eigenvalue weighted by Crippen LogP contribution is 2.42. The summed E-state index contributed by atoms with van der Waals surface area (Å²) in [6.07, 6.45) is -3.55. The van der Waals surface area contributed by atoms with Gasteiger partial charge in [-0.25, -0.2) is 8.78 Å². The van der Waals surface area contributed by atoms with E-state index in [0.717, 1.165) is 12.1 Å². The maximum absolute atomic E-state index is 14.1. The Hall–Kier alpha value is -4.76. The highest BCUT2D eigenvalue weighted by molar-refractivity contribution is 6.31. The van der Waals surface area contributed by atoms with Gasteiger partial charge in [0.25, 0.3) is 11.8 Å². The van der Waals surface area contributed by atoms with E-state index in [2.05, 4.69) is 15.7 Å². The molecule has 3 aromatic carbocycles. The molecule has 4 aromatic rings. The molecule has 7 nitrogen and oxygen atoms in total. The van der Waals surface area contributed by atoms with Gasteiger partial charge in [0.05, 0.1) is 17.8 Å². The summed E-state index contributed by atoms with van der Waals surface area (Å²) in [6, 6.07) is 8.63. The van der Waals surface area contributed by atoms with Crippen molar-refractivity contribution in [3.05, 3.63) is 105 Å². The Bertz CT molecular complexity index is 1760. The van der Waals surface area contributed by atoms with Gasteiger partial charge in [0, 0.05) is 45.6 Å². The van der Waals surface area contributed by atoms with Crippen molar-refractivity contribution in [2.75, 3.05) is 5.32 Å². The number of nitrogens with zero attached hydrogens (tertiary/aromatic N) is 3. The van der Waals surface area contributed by atoms with Gasteiger partial charge in [0.2, 0.25) is 0 Å². The zero-order valence-corrected chi connectivity index (χ0v) is 21.0. The van der Waals surface area contributed by atoms with Crippen molar-refractivity contribution in [3.63, 3.8) is 0 Å². The van der Waals surface area contributed by atoms with Gasteiger partial charge < -0.3 is 10.6 Å². The molecule has 0 saturated heterocycles. The van der Waals surface area contributed by atoms with Crippen molar-refractivity contribution in [2.45, 2.75) is 12.2 Å². The lowest BCUT2D eigenvalue weighted by Crippen LogP contribution is -2.21. The molecule has 1 aliphatic heterocycles. The summed E-state index contributed by atoms with van der Waals surface area (Å²) < 4.78 is 69.3. The molecule has 0 fully saturated rings. The Balaban J connectivity index is 1.69. The van der Waals surface area contributed by atoms with E-state index < -0.39 is 46.8 Å². The fourth-order valence-electron chi connectivity index (χ4n) is 4.52. The average Bonchev–Trinajstić information content (AvgIpc) is 3.43. The van der Waals surface area contributed by atoms with E-state index in [-0.39, 0.29) is 44.7 Å². The molecule has 0 saturated carbocycles. The molecule has 40 heavy (non-hydrogen) atoms. The first-order valence-electron chi connectivity index (χ1n) is 11.4. The number of aryl methyl sites for hydroxylation is 1. The Kier molecular flexibility index (Phi) is 6.55. The van der Waals surface area contributed by atoms with Crippen LogP contribution in [0.2, 0.25) is 5.02 Å². The second kappa shape index (κ2) is 9.77. The first kappa shape index (κ1) is 26.8. The lowest BCUT2D eigenvalue weighted by Gasteiger charge is -2.19. The van der Waals surface area contributed by atoms with Crippen LogP contribution in [0.1, 0.15) is 49.1 Å². The molecule has 0 unspecified atom stereocenters. The van der Waals surface area contributed by atoms with Crippen molar-refractivity contribution in [1.29, 1.82) is 5.26 Å². The second-order valence-corrected chi connectivity index (χ2v) is 9.29. The van der Waals surface area contributed by atoms with Crippen LogP contribution in [0, 0.1) is 23.0 Å². The van der Waals surface area contributed by atoms with Crippen LogP contribution in [0.15, 0.2) is 54.7 Å². The maximum Gasteiger partial charge on any atom is 0.416 e. The van der Waals surface area contributed by atoms with Gasteiger partial charge in [-0.1, -0.05) is 11.6 Å². The van der Waals surface area contributed by atoms with Gasteiger partial charge in [-0.2, -0.15) is 23.5 Å².